The molecule has 6 nitrogen and oxygen atoms in total. The zero-order valence-electron chi connectivity index (χ0n) is 14.7. The van der Waals surface area contributed by atoms with Gasteiger partial charge in [0.05, 0.1) is 23.8 Å². The van der Waals surface area contributed by atoms with Gasteiger partial charge >= 0.3 is 0 Å². The van der Waals surface area contributed by atoms with Crippen molar-refractivity contribution in [2.45, 2.75) is 19.5 Å². The highest BCUT2D eigenvalue weighted by atomic mass is 16.2. The van der Waals surface area contributed by atoms with E-state index < -0.39 is 0 Å². The predicted molar refractivity (Wildman–Crippen MR) is 103 cm³/mol. The molecular formula is C21H18N4O2. The summed E-state index contributed by atoms with van der Waals surface area (Å²) in [5, 5.41) is 1.76. The Morgan fingerprint density at radius 1 is 1.07 bits per heavy atom. The van der Waals surface area contributed by atoms with E-state index in [0.29, 0.717) is 24.0 Å². The Bertz CT molecular complexity index is 1240. The molecular weight excluding hydrogens is 340 g/mol. The van der Waals surface area contributed by atoms with E-state index in [2.05, 4.69) is 22.1 Å². The Kier molecular flexibility index (Phi) is 3.57. The Labute approximate surface area is 155 Å². The third-order valence-electron chi connectivity index (χ3n) is 5.27. The average Bonchev–Trinajstić information content (AvgIpc) is 3.08. The number of para-hydroxylation sites is 2. The molecule has 0 spiro atoms. The third kappa shape index (κ3) is 2.61. The van der Waals surface area contributed by atoms with Gasteiger partial charge in [0.1, 0.15) is 6.54 Å². The zero-order valence-corrected chi connectivity index (χ0v) is 14.7. The number of rotatable bonds is 2. The minimum atomic E-state index is -0.183. The van der Waals surface area contributed by atoms with Crippen molar-refractivity contribution in [2.24, 2.45) is 0 Å². The Balaban J connectivity index is 1.41. The van der Waals surface area contributed by atoms with E-state index in [1.165, 1.54) is 21.8 Å². The van der Waals surface area contributed by atoms with Gasteiger partial charge in [0.15, 0.2) is 0 Å². The summed E-state index contributed by atoms with van der Waals surface area (Å²) in [5.41, 5.74) is 3.94. The second-order valence-corrected chi connectivity index (χ2v) is 6.89. The van der Waals surface area contributed by atoms with Crippen LogP contribution < -0.4 is 5.56 Å². The van der Waals surface area contributed by atoms with Gasteiger partial charge in [-0.1, -0.05) is 30.3 Å². The van der Waals surface area contributed by atoms with Crippen LogP contribution in [-0.4, -0.2) is 31.9 Å². The van der Waals surface area contributed by atoms with E-state index >= 15 is 0 Å². The average molecular weight is 358 g/mol. The largest absolute Gasteiger partial charge is 0.357 e. The summed E-state index contributed by atoms with van der Waals surface area (Å²) in [5.74, 6) is -0.0708. The van der Waals surface area contributed by atoms with Crippen molar-refractivity contribution < 1.29 is 4.79 Å². The van der Waals surface area contributed by atoms with Crippen LogP contribution in [-0.2, 0) is 24.3 Å². The molecule has 0 unspecified atom stereocenters. The first-order valence-electron chi connectivity index (χ1n) is 9.01. The van der Waals surface area contributed by atoms with Crippen LogP contribution in [0, 0.1) is 0 Å². The first kappa shape index (κ1) is 15.8. The molecule has 0 saturated carbocycles. The molecule has 1 aliphatic rings. The molecule has 1 amide bonds. The lowest BCUT2D eigenvalue weighted by Gasteiger charge is -2.27. The van der Waals surface area contributed by atoms with Crippen LogP contribution in [0.3, 0.4) is 0 Å². The van der Waals surface area contributed by atoms with Gasteiger partial charge in [-0.2, -0.15) is 0 Å². The highest BCUT2D eigenvalue weighted by Gasteiger charge is 2.24. The monoisotopic (exact) mass is 358 g/mol. The summed E-state index contributed by atoms with van der Waals surface area (Å²) in [6.45, 7) is 1.20. The standard InChI is InChI=1S/C21H18N4O2/c26-20(12-25-13-22-17-7-3-2-6-16(17)21(25)27)24-10-9-15-14-5-1-4-8-18(14)23-19(15)11-24/h1-8,13,23H,9-12H2. The SMILES string of the molecule is O=C(Cn1cnc2ccccc2c1=O)N1CCc2c([nH]c3ccccc23)C1. The third-order valence-corrected chi connectivity index (χ3v) is 5.27. The van der Waals surface area contributed by atoms with Crippen LogP contribution in [0.25, 0.3) is 21.8 Å². The van der Waals surface area contributed by atoms with Gasteiger partial charge < -0.3 is 9.88 Å². The number of aromatic nitrogens is 3. The molecule has 0 saturated heterocycles. The molecule has 27 heavy (non-hydrogen) atoms. The summed E-state index contributed by atoms with van der Waals surface area (Å²) in [4.78, 5) is 34.9. The first-order chi connectivity index (χ1) is 13.2. The molecule has 2 aromatic heterocycles. The molecule has 2 aromatic carbocycles. The van der Waals surface area contributed by atoms with Crippen LogP contribution in [0.15, 0.2) is 59.7 Å². The van der Waals surface area contributed by atoms with E-state index in [-0.39, 0.29) is 18.0 Å². The number of fused-ring (bicyclic) bond motifs is 4. The van der Waals surface area contributed by atoms with E-state index in [0.717, 1.165) is 17.6 Å². The highest BCUT2D eigenvalue weighted by molar-refractivity contribution is 5.85. The zero-order chi connectivity index (χ0) is 18.4. The van der Waals surface area contributed by atoms with Gasteiger partial charge in [-0.3, -0.25) is 14.2 Å². The number of hydrogen-bond donors (Lipinski definition) is 1. The molecule has 0 aliphatic carbocycles. The minimum Gasteiger partial charge on any atom is -0.357 e. The van der Waals surface area contributed by atoms with Gasteiger partial charge in [0, 0.05) is 23.1 Å². The molecule has 0 bridgehead atoms. The molecule has 5 rings (SSSR count). The molecule has 1 aliphatic heterocycles. The van der Waals surface area contributed by atoms with E-state index in [9.17, 15) is 9.59 Å². The van der Waals surface area contributed by atoms with Gasteiger partial charge in [0.2, 0.25) is 5.91 Å². The lowest BCUT2D eigenvalue weighted by Crippen LogP contribution is -2.39. The molecule has 0 fully saturated rings. The maximum Gasteiger partial charge on any atom is 0.261 e. The Morgan fingerprint density at radius 2 is 1.85 bits per heavy atom. The fraction of sp³-hybridized carbons (Fsp3) is 0.190. The number of nitrogens with one attached hydrogen (secondary N) is 1. The number of aromatic amines is 1. The van der Waals surface area contributed by atoms with Crippen LogP contribution >= 0.6 is 0 Å². The van der Waals surface area contributed by atoms with Crippen molar-refractivity contribution >= 4 is 27.7 Å². The van der Waals surface area contributed by atoms with Crippen molar-refractivity contribution in [1.29, 1.82) is 0 Å². The number of amides is 1. The molecule has 4 aromatic rings. The topological polar surface area (TPSA) is 71.0 Å². The van der Waals surface area contributed by atoms with E-state index in [1.54, 1.807) is 23.1 Å². The molecule has 6 heteroatoms. The Morgan fingerprint density at radius 3 is 2.74 bits per heavy atom. The molecule has 1 N–H and O–H groups in total. The first-order valence-corrected chi connectivity index (χ1v) is 9.01. The number of carbonyl (C=O) groups is 1. The number of H-pyrrole nitrogens is 1. The number of nitrogens with zero attached hydrogens (tertiary/aromatic N) is 3. The normalized spacial score (nSPS) is 13.9. The highest BCUT2D eigenvalue weighted by Crippen LogP contribution is 2.27. The summed E-state index contributed by atoms with van der Waals surface area (Å²) >= 11 is 0. The lowest BCUT2D eigenvalue weighted by atomic mass is 10.0. The maximum absolute atomic E-state index is 12.8. The maximum atomic E-state index is 12.8. The second kappa shape index (κ2) is 6.09. The predicted octanol–water partition coefficient (Wildman–Crippen LogP) is 2.46. The molecule has 3 heterocycles. The van der Waals surface area contributed by atoms with Gasteiger partial charge in [-0.15, -0.1) is 0 Å². The smallest absolute Gasteiger partial charge is 0.261 e. The van der Waals surface area contributed by atoms with Crippen LogP contribution in [0.4, 0.5) is 0 Å². The van der Waals surface area contributed by atoms with Crippen molar-refractivity contribution in [3.05, 3.63) is 76.5 Å². The number of hydrogen-bond acceptors (Lipinski definition) is 3. The number of carbonyl (C=O) groups excluding carboxylic acids is 1. The lowest BCUT2D eigenvalue weighted by molar-refractivity contribution is -0.132. The Hall–Kier alpha value is -3.41. The summed E-state index contributed by atoms with van der Waals surface area (Å²) in [6.07, 6.45) is 2.27. The summed E-state index contributed by atoms with van der Waals surface area (Å²) in [6, 6.07) is 15.4. The van der Waals surface area contributed by atoms with Crippen molar-refractivity contribution in [2.75, 3.05) is 6.54 Å². The van der Waals surface area contributed by atoms with Crippen molar-refractivity contribution in [3.63, 3.8) is 0 Å². The molecule has 0 atom stereocenters. The minimum absolute atomic E-state index is 0.00618. The second-order valence-electron chi connectivity index (χ2n) is 6.89. The molecule has 134 valence electrons. The fourth-order valence-electron chi connectivity index (χ4n) is 3.87. The van der Waals surface area contributed by atoms with Crippen LogP contribution in [0.5, 0.6) is 0 Å². The van der Waals surface area contributed by atoms with Gasteiger partial charge in [0.25, 0.3) is 5.56 Å². The van der Waals surface area contributed by atoms with Gasteiger partial charge in [-0.25, -0.2) is 4.98 Å². The van der Waals surface area contributed by atoms with Crippen molar-refractivity contribution in [1.82, 2.24) is 19.4 Å². The van der Waals surface area contributed by atoms with Gasteiger partial charge in [-0.05, 0) is 30.2 Å². The van der Waals surface area contributed by atoms with Crippen LogP contribution in [0.2, 0.25) is 0 Å². The quantitative estimate of drug-likeness (QED) is 0.598. The van der Waals surface area contributed by atoms with Crippen LogP contribution in [0.1, 0.15) is 11.3 Å². The molecule has 0 radical (unpaired) electrons. The summed E-state index contributed by atoms with van der Waals surface area (Å²) in [7, 11) is 0. The van der Waals surface area contributed by atoms with E-state index in [1.807, 2.05) is 18.2 Å². The fourth-order valence-corrected chi connectivity index (χ4v) is 3.87. The van der Waals surface area contributed by atoms with E-state index in [4.69, 9.17) is 0 Å². The summed E-state index contributed by atoms with van der Waals surface area (Å²) < 4.78 is 1.39. The van der Waals surface area contributed by atoms with Crippen molar-refractivity contribution in [3.8, 4) is 0 Å². The number of benzene rings is 2.